The standard InChI is InChI=1S/C15H25N3O/c1-4-18-13(8-12(3)17-18)9-14(19)15(16)7-5-6-11(2)10-15/h8,11H,4-7,9-10,16H2,1-3H3. The van der Waals surface area contributed by atoms with Crippen molar-refractivity contribution in [3.63, 3.8) is 0 Å². The summed E-state index contributed by atoms with van der Waals surface area (Å²) in [6.07, 6.45) is 4.33. The molecule has 0 bridgehead atoms. The summed E-state index contributed by atoms with van der Waals surface area (Å²) >= 11 is 0. The van der Waals surface area contributed by atoms with Crippen molar-refractivity contribution in [2.45, 2.75) is 65.0 Å². The van der Waals surface area contributed by atoms with Crippen molar-refractivity contribution in [2.24, 2.45) is 11.7 Å². The van der Waals surface area contributed by atoms with Crippen molar-refractivity contribution in [1.82, 2.24) is 9.78 Å². The maximum absolute atomic E-state index is 12.5. The van der Waals surface area contributed by atoms with Gasteiger partial charge >= 0.3 is 0 Å². The number of Topliss-reactive ketones (excluding diaryl/α,β-unsaturated/α-hetero) is 1. The Hall–Kier alpha value is -1.16. The van der Waals surface area contributed by atoms with Gasteiger partial charge in [-0.25, -0.2) is 0 Å². The van der Waals surface area contributed by atoms with Crippen LogP contribution in [0, 0.1) is 12.8 Å². The quantitative estimate of drug-likeness (QED) is 0.906. The third-order valence-electron chi connectivity index (χ3n) is 4.21. The SMILES string of the molecule is CCn1nc(C)cc1CC(=O)C1(N)CCCC(C)C1. The van der Waals surface area contributed by atoms with Gasteiger partial charge in [-0.15, -0.1) is 0 Å². The summed E-state index contributed by atoms with van der Waals surface area (Å²) in [5.41, 5.74) is 7.70. The van der Waals surface area contributed by atoms with E-state index in [1.807, 2.05) is 24.6 Å². The fourth-order valence-corrected chi connectivity index (χ4v) is 3.20. The van der Waals surface area contributed by atoms with Crippen LogP contribution in [0.25, 0.3) is 0 Å². The van der Waals surface area contributed by atoms with E-state index >= 15 is 0 Å². The molecular weight excluding hydrogens is 238 g/mol. The zero-order chi connectivity index (χ0) is 14.0. The zero-order valence-corrected chi connectivity index (χ0v) is 12.3. The molecule has 0 saturated heterocycles. The highest BCUT2D eigenvalue weighted by Gasteiger charge is 2.37. The van der Waals surface area contributed by atoms with E-state index in [0.717, 1.165) is 37.2 Å². The molecule has 1 aromatic heterocycles. The van der Waals surface area contributed by atoms with E-state index in [1.165, 1.54) is 6.42 Å². The molecule has 1 aromatic rings. The van der Waals surface area contributed by atoms with Crippen molar-refractivity contribution in [3.8, 4) is 0 Å². The zero-order valence-electron chi connectivity index (χ0n) is 12.3. The predicted octanol–water partition coefficient (Wildman–Crippen LogP) is 2.23. The van der Waals surface area contributed by atoms with Crippen LogP contribution in [0.5, 0.6) is 0 Å². The number of rotatable bonds is 4. The Bertz CT molecular complexity index is 466. The Kier molecular flexibility index (Phi) is 4.09. The molecule has 1 aliphatic rings. The molecule has 2 unspecified atom stereocenters. The second-order valence-electron chi connectivity index (χ2n) is 6.05. The highest BCUT2D eigenvalue weighted by molar-refractivity contribution is 5.89. The topological polar surface area (TPSA) is 60.9 Å². The van der Waals surface area contributed by atoms with Crippen LogP contribution < -0.4 is 5.73 Å². The Labute approximate surface area is 115 Å². The molecule has 2 N–H and O–H groups in total. The average molecular weight is 263 g/mol. The molecule has 0 aliphatic heterocycles. The third-order valence-corrected chi connectivity index (χ3v) is 4.21. The molecule has 0 radical (unpaired) electrons. The van der Waals surface area contributed by atoms with Gasteiger partial charge in [-0.2, -0.15) is 5.10 Å². The summed E-state index contributed by atoms with van der Waals surface area (Å²) < 4.78 is 1.91. The first-order chi connectivity index (χ1) is 8.94. The number of nitrogens with two attached hydrogens (primary N) is 1. The highest BCUT2D eigenvalue weighted by Crippen LogP contribution is 2.31. The molecule has 2 rings (SSSR count). The van der Waals surface area contributed by atoms with Crippen LogP contribution in [0.1, 0.15) is 50.9 Å². The lowest BCUT2D eigenvalue weighted by atomic mass is 9.74. The van der Waals surface area contributed by atoms with Gasteiger partial charge in [0.2, 0.25) is 0 Å². The van der Waals surface area contributed by atoms with Crippen LogP contribution in [0.15, 0.2) is 6.07 Å². The van der Waals surface area contributed by atoms with Crippen LogP contribution in [0.3, 0.4) is 0 Å². The summed E-state index contributed by atoms with van der Waals surface area (Å²) in [5.74, 6) is 0.731. The third kappa shape index (κ3) is 3.06. The lowest BCUT2D eigenvalue weighted by molar-refractivity contribution is -0.125. The van der Waals surface area contributed by atoms with Gasteiger partial charge in [-0.3, -0.25) is 9.48 Å². The van der Waals surface area contributed by atoms with E-state index in [0.29, 0.717) is 12.3 Å². The maximum Gasteiger partial charge on any atom is 0.158 e. The molecule has 106 valence electrons. The number of ketones is 1. The minimum Gasteiger partial charge on any atom is -0.319 e. The van der Waals surface area contributed by atoms with Gasteiger partial charge in [0, 0.05) is 12.2 Å². The van der Waals surface area contributed by atoms with Crippen molar-refractivity contribution in [1.29, 1.82) is 0 Å². The smallest absolute Gasteiger partial charge is 0.158 e. The van der Waals surface area contributed by atoms with Crippen molar-refractivity contribution in [2.75, 3.05) is 0 Å². The number of aryl methyl sites for hydroxylation is 2. The minimum atomic E-state index is -0.617. The summed E-state index contributed by atoms with van der Waals surface area (Å²) in [4.78, 5) is 12.5. The molecule has 0 spiro atoms. The monoisotopic (exact) mass is 263 g/mol. The first-order valence-corrected chi connectivity index (χ1v) is 7.30. The number of hydrogen-bond acceptors (Lipinski definition) is 3. The fourth-order valence-electron chi connectivity index (χ4n) is 3.20. The highest BCUT2D eigenvalue weighted by atomic mass is 16.1. The number of carbonyl (C=O) groups excluding carboxylic acids is 1. The Balaban J connectivity index is 2.11. The Morgan fingerprint density at radius 1 is 1.63 bits per heavy atom. The first kappa shape index (κ1) is 14.3. The van der Waals surface area contributed by atoms with Gasteiger partial charge < -0.3 is 5.73 Å². The van der Waals surface area contributed by atoms with Crippen molar-refractivity contribution >= 4 is 5.78 Å². The second-order valence-corrected chi connectivity index (χ2v) is 6.05. The molecule has 1 aliphatic carbocycles. The molecule has 19 heavy (non-hydrogen) atoms. The summed E-state index contributed by atoms with van der Waals surface area (Å²) in [6, 6.07) is 2.00. The van der Waals surface area contributed by atoms with Crippen molar-refractivity contribution < 1.29 is 4.79 Å². The van der Waals surface area contributed by atoms with Crippen LogP contribution >= 0.6 is 0 Å². The lowest BCUT2D eigenvalue weighted by Gasteiger charge is -2.35. The molecule has 0 aromatic carbocycles. The van der Waals surface area contributed by atoms with Crippen LogP contribution in [0.2, 0.25) is 0 Å². The van der Waals surface area contributed by atoms with E-state index in [9.17, 15) is 4.79 Å². The van der Waals surface area contributed by atoms with E-state index in [4.69, 9.17) is 5.73 Å². The largest absolute Gasteiger partial charge is 0.319 e. The molecule has 1 heterocycles. The minimum absolute atomic E-state index is 0.175. The van der Waals surface area contributed by atoms with Gasteiger partial charge in [0.05, 0.1) is 17.7 Å². The average Bonchev–Trinajstić information content (AvgIpc) is 2.69. The summed E-state index contributed by atoms with van der Waals surface area (Å²) in [6.45, 7) is 6.99. The van der Waals surface area contributed by atoms with Gasteiger partial charge in [0.25, 0.3) is 0 Å². The number of hydrogen-bond donors (Lipinski definition) is 1. The van der Waals surface area contributed by atoms with Crippen LogP contribution in [-0.4, -0.2) is 21.1 Å². The van der Waals surface area contributed by atoms with Crippen LogP contribution in [-0.2, 0) is 17.8 Å². The number of carbonyl (C=O) groups is 1. The lowest BCUT2D eigenvalue weighted by Crippen LogP contribution is -2.51. The molecule has 1 fully saturated rings. The number of aromatic nitrogens is 2. The second kappa shape index (κ2) is 5.45. The van der Waals surface area contributed by atoms with Gasteiger partial charge in [0.1, 0.15) is 0 Å². The molecule has 1 saturated carbocycles. The van der Waals surface area contributed by atoms with Gasteiger partial charge in [0.15, 0.2) is 5.78 Å². The van der Waals surface area contributed by atoms with E-state index in [2.05, 4.69) is 12.0 Å². The van der Waals surface area contributed by atoms with E-state index < -0.39 is 5.54 Å². The van der Waals surface area contributed by atoms with E-state index in [-0.39, 0.29) is 5.78 Å². The van der Waals surface area contributed by atoms with Crippen molar-refractivity contribution in [3.05, 3.63) is 17.5 Å². The summed E-state index contributed by atoms with van der Waals surface area (Å²) in [5, 5.41) is 4.39. The van der Waals surface area contributed by atoms with E-state index in [1.54, 1.807) is 0 Å². The first-order valence-electron chi connectivity index (χ1n) is 7.30. The van der Waals surface area contributed by atoms with Crippen LogP contribution in [0.4, 0.5) is 0 Å². The predicted molar refractivity (Wildman–Crippen MR) is 75.9 cm³/mol. The molecular formula is C15H25N3O. The molecule has 2 atom stereocenters. The summed E-state index contributed by atoms with van der Waals surface area (Å²) in [7, 11) is 0. The number of nitrogens with zero attached hydrogens (tertiary/aromatic N) is 2. The molecule has 0 amide bonds. The van der Waals surface area contributed by atoms with Gasteiger partial charge in [-0.05, 0) is 38.7 Å². The van der Waals surface area contributed by atoms with Gasteiger partial charge in [-0.1, -0.05) is 19.8 Å². The Morgan fingerprint density at radius 3 is 3.00 bits per heavy atom. The molecule has 4 nitrogen and oxygen atoms in total. The molecule has 4 heteroatoms. The maximum atomic E-state index is 12.5. The Morgan fingerprint density at radius 2 is 2.37 bits per heavy atom. The fraction of sp³-hybridized carbons (Fsp3) is 0.733. The normalized spacial score (nSPS) is 27.5.